The fourth-order valence-electron chi connectivity index (χ4n) is 2.56. The van der Waals surface area contributed by atoms with Crippen molar-refractivity contribution in [2.45, 2.75) is 33.7 Å². The molecule has 0 saturated heterocycles. The molecule has 3 aromatic heterocycles. The molecule has 0 aliphatic rings. The van der Waals surface area contributed by atoms with Gasteiger partial charge in [0.1, 0.15) is 0 Å². The van der Waals surface area contributed by atoms with Gasteiger partial charge in [-0.15, -0.1) is 0 Å². The first-order valence-electron chi connectivity index (χ1n) is 7.56. The second-order valence-corrected chi connectivity index (χ2v) is 5.56. The zero-order chi connectivity index (χ0) is 16.4. The van der Waals surface area contributed by atoms with Crippen LogP contribution in [0.25, 0.3) is 11.1 Å². The van der Waals surface area contributed by atoms with Crippen LogP contribution in [-0.4, -0.2) is 32.4 Å². The molecule has 3 heterocycles. The Morgan fingerprint density at radius 2 is 2.17 bits per heavy atom. The van der Waals surface area contributed by atoms with E-state index in [1.807, 2.05) is 24.6 Å². The lowest BCUT2D eigenvalue weighted by molar-refractivity contribution is 0.0954. The van der Waals surface area contributed by atoms with Gasteiger partial charge in [0.25, 0.3) is 11.6 Å². The van der Waals surface area contributed by atoms with Gasteiger partial charge in [-0.2, -0.15) is 5.10 Å². The number of hydrogen-bond donors (Lipinski definition) is 1. The maximum atomic E-state index is 12.5. The van der Waals surface area contributed by atoms with Crippen LogP contribution >= 0.6 is 0 Å². The second kappa shape index (κ2) is 6.20. The monoisotopic (exact) mass is 313 g/mol. The number of aryl methyl sites for hydroxylation is 4. The van der Waals surface area contributed by atoms with Crippen LogP contribution in [0.2, 0.25) is 0 Å². The molecule has 3 aromatic rings. The van der Waals surface area contributed by atoms with E-state index in [2.05, 4.69) is 20.6 Å². The van der Waals surface area contributed by atoms with Crippen molar-refractivity contribution in [2.24, 2.45) is 0 Å². The van der Waals surface area contributed by atoms with Crippen molar-refractivity contribution in [3.63, 3.8) is 0 Å². The summed E-state index contributed by atoms with van der Waals surface area (Å²) >= 11 is 0. The van der Waals surface area contributed by atoms with E-state index in [0.29, 0.717) is 28.9 Å². The summed E-state index contributed by atoms with van der Waals surface area (Å²) in [4.78, 5) is 16.7. The molecule has 23 heavy (non-hydrogen) atoms. The van der Waals surface area contributed by atoms with E-state index in [1.54, 1.807) is 19.2 Å². The molecule has 0 aliphatic carbocycles. The molecular weight excluding hydrogens is 294 g/mol. The molecule has 0 radical (unpaired) electrons. The van der Waals surface area contributed by atoms with Crippen LogP contribution in [0, 0.1) is 20.8 Å². The number of amides is 1. The van der Waals surface area contributed by atoms with Gasteiger partial charge in [0.15, 0.2) is 0 Å². The smallest absolute Gasteiger partial charge is 0.258 e. The topological polar surface area (TPSA) is 85.8 Å². The number of carbonyl (C=O) groups is 1. The SMILES string of the molecule is Cc1cc(C(=O)NCCCn2nccc2C)c2c(C)noc2n1. The predicted octanol–water partition coefficient (Wildman–Crippen LogP) is 2.16. The molecule has 1 N–H and O–H groups in total. The largest absolute Gasteiger partial charge is 0.352 e. The second-order valence-electron chi connectivity index (χ2n) is 5.56. The minimum atomic E-state index is -0.135. The van der Waals surface area contributed by atoms with Crippen LogP contribution in [-0.2, 0) is 6.54 Å². The first kappa shape index (κ1) is 15.2. The van der Waals surface area contributed by atoms with Gasteiger partial charge in [-0.05, 0) is 39.3 Å². The van der Waals surface area contributed by atoms with Crippen molar-refractivity contribution < 1.29 is 9.32 Å². The van der Waals surface area contributed by atoms with Gasteiger partial charge >= 0.3 is 0 Å². The van der Waals surface area contributed by atoms with Gasteiger partial charge < -0.3 is 9.84 Å². The quantitative estimate of drug-likeness (QED) is 0.730. The van der Waals surface area contributed by atoms with Gasteiger partial charge in [0.05, 0.1) is 16.6 Å². The van der Waals surface area contributed by atoms with Crippen molar-refractivity contribution >= 4 is 17.0 Å². The van der Waals surface area contributed by atoms with Crippen LogP contribution in [0.1, 0.15) is 33.9 Å². The van der Waals surface area contributed by atoms with Gasteiger partial charge in [-0.1, -0.05) is 5.16 Å². The first-order chi connectivity index (χ1) is 11.1. The van der Waals surface area contributed by atoms with Crippen molar-refractivity contribution in [3.8, 4) is 0 Å². The number of nitrogens with one attached hydrogen (secondary N) is 1. The number of fused-ring (bicyclic) bond motifs is 1. The van der Waals surface area contributed by atoms with Crippen LogP contribution in [0.15, 0.2) is 22.9 Å². The zero-order valence-corrected chi connectivity index (χ0v) is 13.5. The number of rotatable bonds is 5. The Kier molecular flexibility index (Phi) is 4.10. The Hall–Kier alpha value is -2.70. The molecule has 1 amide bonds. The standard InChI is InChI=1S/C16H19N5O2/c1-10-9-13(14-12(3)20-23-16(14)19-10)15(22)17-6-4-8-21-11(2)5-7-18-21/h5,7,9H,4,6,8H2,1-3H3,(H,17,22). The lowest BCUT2D eigenvalue weighted by Gasteiger charge is -2.08. The van der Waals surface area contributed by atoms with Crippen molar-refractivity contribution in [2.75, 3.05) is 6.54 Å². The molecule has 0 atom stereocenters. The summed E-state index contributed by atoms with van der Waals surface area (Å²) in [5, 5.41) is 11.7. The Labute approximate surface area is 133 Å². The maximum absolute atomic E-state index is 12.5. The molecule has 120 valence electrons. The van der Waals surface area contributed by atoms with E-state index < -0.39 is 0 Å². The summed E-state index contributed by atoms with van der Waals surface area (Å²) in [7, 11) is 0. The van der Waals surface area contributed by atoms with Gasteiger partial charge in [-0.25, -0.2) is 4.98 Å². The highest BCUT2D eigenvalue weighted by Crippen LogP contribution is 2.21. The number of aromatic nitrogens is 4. The Balaban J connectivity index is 1.67. The average molecular weight is 313 g/mol. The highest BCUT2D eigenvalue weighted by Gasteiger charge is 2.17. The minimum Gasteiger partial charge on any atom is -0.352 e. The minimum absolute atomic E-state index is 0.135. The Bertz CT molecular complexity index is 849. The van der Waals surface area contributed by atoms with E-state index in [4.69, 9.17) is 4.52 Å². The Morgan fingerprint density at radius 3 is 2.91 bits per heavy atom. The third-order valence-corrected chi connectivity index (χ3v) is 3.75. The summed E-state index contributed by atoms with van der Waals surface area (Å²) in [6.45, 7) is 6.99. The molecule has 0 fully saturated rings. The van der Waals surface area contributed by atoms with Crippen LogP contribution in [0.4, 0.5) is 0 Å². The van der Waals surface area contributed by atoms with Crippen LogP contribution in [0.3, 0.4) is 0 Å². The van der Waals surface area contributed by atoms with E-state index in [9.17, 15) is 4.79 Å². The number of hydrogen-bond acceptors (Lipinski definition) is 5. The van der Waals surface area contributed by atoms with Gasteiger partial charge in [0, 0.05) is 30.7 Å². The molecule has 0 bridgehead atoms. The molecule has 3 rings (SSSR count). The highest BCUT2D eigenvalue weighted by atomic mass is 16.5. The van der Waals surface area contributed by atoms with Gasteiger partial charge in [0.2, 0.25) is 0 Å². The molecule has 0 saturated carbocycles. The summed E-state index contributed by atoms with van der Waals surface area (Å²) < 4.78 is 7.08. The summed E-state index contributed by atoms with van der Waals surface area (Å²) in [5.41, 5.74) is 3.47. The third kappa shape index (κ3) is 3.08. The predicted molar refractivity (Wildman–Crippen MR) is 85.2 cm³/mol. The van der Waals surface area contributed by atoms with Crippen LogP contribution < -0.4 is 5.32 Å². The Morgan fingerprint density at radius 1 is 1.35 bits per heavy atom. The fourth-order valence-corrected chi connectivity index (χ4v) is 2.56. The van der Waals surface area contributed by atoms with Gasteiger partial charge in [-0.3, -0.25) is 9.48 Å². The number of carbonyl (C=O) groups excluding carboxylic acids is 1. The number of pyridine rings is 1. The summed E-state index contributed by atoms with van der Waals surface area (Å²) in [6, 6.07) is 3.73. The molecule has 7 nitrogen and oxygen atoms in total. The summed E-state index contributed by atoms with van der Waals surface area (Å²) in [5.74, 6) is -0.135. The van der Waals surface area contributed by atoms with E-state index in [-0.39, 0.29) is 5.91 Å². The fraction of sp³-hybridized carbons (Fsp3) is 0.375. The molecule has 0 aliphatic heterocycles. The highest BCUT2D eigenvalue weighted by molar-refractivity contribution is 6.05. The lowest BCUT2D eigenvalue weighted by Crippen LogP contribution is -2.26. The van der Waals surface area contributed by atoms with Crippen LogP contribution in [0.5, 0.6) is 0 Å². The van der Waals surface area contributed by atoms with Crippen molar-refractivity contribution in [1.29, 1.82) is 0 Å². The van der Waals surface area contributed by atoms with E-state index >= 15 is 0 Å². The summed E-state index contributed by atoms with van der Waals surface area (Å²) in [6.07, 6.45) is 2.59. The molecule has 0 spiro atoms. The average Bonchev–Trinajstić information content (AvgIpc) is 3.09. The van der Waals surface area contributed by atoms with Crippen molar-refractivity contribution in [1.82, 2.24) is 25.2 Å². The normalized spacial score (nSPS) is 11.1. The molecule has 0 unspecified atom stereocenters. The van der Waals surface area contributed by atoms with E-state index in [1.165, 1.54) is 0 Å². The lowest BCUT2D eigenvalue weighted by atomic mass is 10.1. The third-order valence-electron chi connectivity index (χ3n) is 3.75. The van der Waals surface area contributed by atoms with Crippen molar-refractivity contribution in [3.05, 3.63) is 41.0 Å². The maximum Gasteiger partial charge on any atom is 0.258 e. The first-order valence-corrected chi connectivity index (χ1v) is 7.56. The zero-order valence-electron chi connectivity index (χ0n) is 13.5. The molecular formula is C16H19N5O2. The van der Waals surface area contributed by atoms with E-state index in [0.717, 1.165) is 24.4 Å². The number of nitrogens with zero attached hydrogens (tertiary/aromatic N) is 4. The molecule has 0 aromatic carbocycles. The molecule has 7 heteroatoms.